The molecule has 0 nitrogen and oxygen atoms in total. The highest BCUT2D eigenvalue weighted by Gasteiger charge is 2.20. The SMILES string of the molecule is C=C(C=CC(C)CC(CCC)CC(C)CCCC1CCCCC(CCCCCC)C1)CC. The van der Waals surface area contributed by atoms with Crippen molar-refractivity contribution < 1.29 is 0 Å². The lowest BCUT2D eigenvalue weighted by atomic mass is 9.82. The van der Waals surface area contributed by atoms with E-state index in [9.17, 15) is 0 Å². The van der Waals surface area contributed by atoms with Gasteiger partial charge in [0.25, 0.3) is 0 Å². The highest BCUT2D eigenvalue weighted by atomic mass is 14.3. The van der Waals surface area contributed by atoms with Crippen LogP contribution in [0.5, 0.6) is 0 Å². The molecule has 0 heterocycles. The molecular formula is C32H60. The molecule has 0 aromatic heterocycles. The molecule has 188 valence electrons. The third-order valence-corrected chi connectivity index (χ3v) is 8.17. The summed E-state index contributed by atoms with van der Waals surface area (Å²) in [5.41, 5.74) is 1.26. The summed E-state index contributed by atoms with van der Waals surface area (Å²) in [7, 11) is 0. The van der Waals surface area contributed by atoms with Gasteiger partial charge in [-0.1, -0.05) is 149 Å². The minimum Gasteiger partial charge on any atom is -0.0959 e. The van der Waals surface area contributed by atoms with Gasteiger partial charge in [0, 0.05) is 0 Å². The second kappa shape index (κ2) is 18.9. The lowest BCUT2D eigenvalue weighted by molar-refractivity contribution is 0.290. The van der Waals surface area contributed by atoms with Crippen LogP contribution < -0.4 is 0 Å². The van der Waals surface area contributed by atoms with E-state index in [-0.39, 0.29) is 0 Å². The maximum absolute atomic E-state index is 4.13. The number of rotatable bonds is 18. The fourth-order valence-corrected chi connectivity index (χ4v) is 6.16. The monoisotopic (exact) mass is 444 g/mol. The minimum atomic E-state index is 0.683. The van der Waals surface area contributed by atoms with Crippen molar-refractivity contribution in [3.63, 3.8) is 0 Å². The number of unbranched alkanes of at least 4 members (excludes halogenated alkanes) is 3. The Morgan fingerprint density at radius 3 is 2.16 bits per heavy atom. The Morgan fingerprint density at radius 1 is 0.844 bits per heavy atom. The summed E-state index contributed by atoms with van der Waals surface area (Å²) < 4.78 is 0. The molecule has 0 N–H and O–H groups in total. The van der Waals surface area contributed by atoms with Gasteiger partial charge in [-0.05, 0) is 55.3 Å². The Hall–Kier alpha value is -0.520. The zero-order valence-corrected chi connectivity index (χ0v) is 23.0. The molecule has 0 spiro atoms. The Labute approximate surface area is 204 Å². The summed E-state index contributed by atoms with van der Waals surface area (Å²) in [5.74, 6) is 4.55. The van der Waals surface area contributed by atoms with Gasteiger partial charge in [-0.25, -0.2) is 0 Å². The highest BCUT2D eigenvalue weighted by molar-refractivity contribution is 5.14. The lowest BCUT2D eigenvalue weighted by Crippen LogP contribution is -2.11. The molecule has 5 unspecified atom stereocenters. The van der Waals surface area contributed by atoms with Crippen LogP contribution in [-0.2, 0) is 0 Å². The van der Waals surface area contributed by atoms with E-state index in [0.29, 0.717) is 5.92 Å². The summed E-state index contributed by atoms with van der Waals surface area (Å²) in [6.07, 6.45) is 30.6. The maximum Gasteiger partial charge on any atom is -0.0256 e. The summed E-state index contributed by atoms with van der Waals surface area (Å²) >= 11 is 0. The van der Waals surface area contributed by atoms with Gasteiger partial charge in [-0.2, -0.15) is 0 Å². The van der Waals surface area contributed by atoms with Gasteiger partial charge in [-0.15, -0.1) is 0 Å². The largest absolute Gasteiger partial charge is 0.0959 e. The molecule has 32 heavy (non-hydrogen) atoms. The Morgan fingerprint density at radius 2 is 1.53 bits per heavy atom. The van der Waals surface area contributed by atoms with Crippen molar-refractivity contribution in [2.45, 2.75) is 150 Å². The van der Waals surface area contributed by atoms with E-state index in [0.717, 1.165) is 30.1 Å². The van der Waals surface area contributed by atoms with Crippen LogP contribution in [0, 0.1) is 29.6 Å². The number of allylic oxidation sites excluding steroid dienone is 3. The van der Waals surface area contributed by atoms with Crippen molar-refractivity contribution in [2.24, 2.45) is 29.6 Å². The molecule has 1 aliphatic carbocycles. The topological polar surface area (TPSA) is 0 Å². The third-order valence-electron chi connectivity index (χ3n) is 8.17. The first kappa shape index (κ1) is 29.5. The van der Waals surface area contributed by atoms with Crippen LogP contribution in [0.2, 0.25) is 0 Å². The van der Waals surface area contributed by atoms with Crippen LogP contribution in [0.4, 0.5) is 0 Å². The van der Waals surface area contributed by atoms with Gasteiger partial charge >= 0.3 is 0 Å². The lowest BCUT2D eigenvalue weighted by Gasteiger charge is -2.24. The molecule has 0 radical (unpaired) electrons. The quantitative estimate of drug-likeness (QED) is 0.112. The van der Waals surface area contributed by atoms with Crippen molar-refractivity contribution in [3.8, 4) is 0 Å². The van der Waals surface area contributed by atoms with Gasteiger partial charge in [0.05, 0.1) is 0 Å². The molecule has 1 rings (SSSR count). The Kier molecular flexibility index (Phi) is 17.4. The summed E-state index contributed by atoms with van der Waals surface area (Å²) in [6, 6.07) is 0. The van der Waals surface area contributed by atoms with Crippen molar-refractivity contribution in [1.82, 2.24) is 0 Å². The van der Waals surface area contributed by atoms with Crippen molar-refractivity contribution >= 4 is 0 Å². The average Bonchev–Trinajstić information content (AvgIpc) is 3.00. The minimum absolute atomic E-state index is 0.683. The van der Waals surface area contributed by atoms with E-state index in [4.69, 9.17) is 0 Å². The smallest absolute Gasteiger partial charge is 0.0256 e. The molecule has 5 atom stereocenters. The molecule has 0 amide bonds. The van der Waals surface area contributed by atoms with Crippen LogP contribution in [-0.4, -0.2) is 0 Å². The van der Waals surface area contributed by atoms with Crippen LogP contribution in [0.1, 0.15) is 150 Å². The zero-order valence-electron chi connectivity index (χ0n) is 23.0. The van der Waals surface area contributed by atoms with Gasteiger partial charge in [0.2, 0.25) is 0 Å². The summed E-state index contributed by atoms with van der Waals surface area (Å²) in [6.45, 7) is 15.9. The van der Waals surface area contributed by atoms with E-state index in [1.807, 2.05) is 0 Å². The predicted molar refractivity (Wildman–Crippen MR) is 147 cm³/mol. The van der Waals surface area contributed by atoms with Gasteiger partial charge < -0.3 is 0 Å². The van der Waals surface area contributed by atoms with Gasteiger partial charge in [-0.3, -0.25) is 0 Å². The third kappa shape index (κ3) is 14.6. The highest BCUT2D eigenvalue weighted by Crippen LogP contribution is 2.35. The molecule has 0 bridgehead atoms. The van der Waals surface area contributed by atoms with Crippen LogP contribution in [0.25, 0.3) is 0 Å². The molecule has 0 aromatic carbocycles. The number of hydrogen-bond donors (Lipinski definition) is 0. The molecule has 1 fully saturated rings. The Balaban J connectivity index is 2.34. The fourth-order valence-electron chi connectivity index (χ4n) is 6.16. The van der Waals surface area contributed by atoms with E-state index >= 15 is 0 Å². The first-order valence-electron chi connectivity index (χ1n) is 14.8. The molecular weight excluding hydrogens is 384 g/mol. The standard InChI is InChI=1S/C32H60/c1-7-10-11-12-18-30-19-13-14-20-31(26-30)21-15-17-28(5)24-32(16-8-2)25-29(6)23-22-27(4)9-3/h22-23,28-32H,4,7-21,24-26H2,1-3,5-6H3. The van der Waals surface area contributed by atoms with Gasteiger partial charge in [0.1, 0.15) is 0 Å². The average molecular weight is 445 g/mol. The number of hydrogen-bond acceptors (Lipinski definition) is 0. The van der Waals surface area contributed by atoms with Crippen molar-refractivity contribution in [1.29, 1.82) is 0 Å². The normalized spacial score (nSPS) is 22.5. The molecule has 0 aliphatic heterocycles. The maximum atomic E-state index is 4.13. The van der Waals surface area contributed by atoms with Crippen LogP contribution >= 0.6 is 0 Å². The molecule has 1 aliphatic rings. The van der Waals surface area contributed by atoms with Gasteiger partial charge in [0.15, 0.2) is 0 Å². The van der Waals surface area contributed by atoms with E-state index in [1.165, 1.54) is 108 Å². The van der Waals surface area contributed by atoms with Crippen molar-refractivity contribution in [2.75, 3.05) is 0 Å². The molecule has 1 saturated carbocycles. The van der Waals surface area contributed by atoms with Crippen LogP contribution in [0.15, 0.2) is 24.3 Å². The molecule has 0 heteroatoms. The van der Waals surface area contributed by atoms with E-state index < -0.39 is 0 Å². The molecule has 0 saturated heterocycles. The molecule has 0 aromatic rings. The summed E-state index contributed by atoms with van der Waals surface area (Å²) in [5, 5.41) is 0. The Bertz CT molecular complexity index is 472. The van der Waals surface area contributed by atoms with Crippen LogP contribution in [0.3, 0.4) is 0 Å². The van der Waals surface area contributed by atoms with Crippen molar-refractivity contribution in [3.05, 3.63) is 24.3 Å². The van der Waals surface area contributed by atoms with E-state index in [1.54, 1.807) is 6.42 Å². The second-order valence-corrected chi connectivity index (χ2v) is 11.6. The first-order chi connectivity index (χ1) is 15.5. The zero-order chi connectivity index (χ0) is 23.6. The second-order valence-electron chi connectivity index (χ2n) is 11.6. The predicted octanol–water partition coefficient (Wildman–Crippen LogP) is 11.3. The van der Waals surface area contributed by atoms with E-state index in [2.05, 4.69) is 53.3 Å². The summed E-state index contributed by atoms with van der Waals surface area (Å²) in [4.78, 5) is 0. The fraction of sp³-hybridized carbons (Fsp3) is 0.875. The first-order valence-corrected chi connectivity index (χ1v) is 14.8.